The molecule has 0 atom stereocenters. The lowest BCUT2D eigenvalue weighted by Crippen LogP contribution is -2.33. The fraction of sp³-hybridized carbons (Fsp3) is 0.318. The molecule has 29 heavy (non-hydrogen) atoms. The van der Waals surface area contributed by atoms with Gasteiger partial charge in [0.1, 0.15) is 0 Å². The summed E-state index contributed by atoms with van der Waals surface area (Å²) in [6.45, 7) is 5.65. The molecule has 1 aliphatic heterocycles. The minimum Gasteiger partial charge on any atom is -0.419 e. The van der Waals surface area contributed by atoms with E-state index in [9.17, 15) is 8.42 Å². The molecule has 1 saturated heterocycles. The van der Waals surface area contributed by atoms with Gasteiger partial charge in [0, 0.05) is 23.7 Å². The average Bonchev–Trinajstić information content (AvgIpc) is 3.15. The van der Waals surface area contributed by atoms with Crippen LogP contribution in [0.3, 0.4) is 0 Å². The first-order chi connectivity index (χ1) is 13.9. The van der Waals surface area contributed by atoms with Crippen molar-refractivity contribution in [3.8, 4) is 11.5 Å². The largest absolute Gasteiger partial charge is 0.419 e. The van der Waals surface area contributed by atoms with E-state index in [0.29, 0.717) is 22.7 Å². The van der Waals surface area contributed by atoms with E-state index in [1.807, 2.05) is 36.1 Å². The SMILES string of the molecule is Cc1ccccc1-c1nc(S(=O)(=O)c2ccc(Cl)cc2)c(N2CCC(C)CC2)o1. The Balaban J connectivity index is 1.85. The van der Waals surface area contributed by atoms with Gasteiger partial charge in [-0.2, -0.15) is 4.98 Å². The second-order valence-corrected chi connectivity index (χ2v) is 9.87. The van der Waals surface area contributed by atoms with Crippen LogP contribution in [0.1, 0.15) is 25.3 Å². The monoisotopic (exact) mass is 430 g/mol. The molecule has 0 aliphatic carbocycles. The highest BCUT2D eigenvalue weighted by molar-refractivity contribution is 7.91. The van der Waals surface area contributed by atoms with E-state index in [4.69, 9.17) is 16.0 Å². The van der Waals surface area contributed by atoms with Crippen molar-refractivity contribution in [2.75, 3.05) is 18.0 Å². The van der Waals surface area contributed by atoms with Gasteiger partial charge in [-0.1, -0.05) is 36.7 Å². The molecule has 0 N–H and O–H groups in total. The third-order valence-electron chi connectivity index (χ3n) is 5.40. The van der Waals surface area contributed by atoms with Crippen molar-refractivity contribution >= 4 is 27.3 Å². The number of piperidine rings is 1. The van der Waals surface area contributed by atoms with Crippen LogP contribution in [-0.4, -0.2) is 26.5 Å². The average molecular weight is 431 g/mol. The van der Waals surface area contributed by atoms with Crippen LogP contribution in [0.2, 0.25) is 5.02 Å². The number of oxazole rings is 1. The van der Waals surface area contributed by atoms with Crippen LogP contribution in [-0.2, 0) is 9.84 Å². The van der Waals surface area contributed by atoms with Gasteiger partial charge in [-0.25, -0.2) is 8.42 Å². The van der Waals surface area contributed by atoms with Crippen LogP contribution >= 0.6 is 11.6 Å². The Morgan fingerprint density at radius 3 is 2.38 bits per heavy atom. The van der Waals surface area contributed by atoms with Crippen LogP contribution in [0.25, 0.3) is 11.5 Å². The highest BCUT2D eigenvalue weighted by atomic mass is 35.5. The van der Waals surface area contributed by atoms with E-state index in [1.54, 1.807) is 12.1 Å². The van der Waals surface area contributed by atoms with Crippen LogP contribution in [0, 0.1) is 12.8 Å². The van der Waals surface area contributed by atoms with Crippen LogP contribution in [0.4, 0.5) is 5.88 Å². The fourth-order valence-electron chi connectivity index (χ4n) is 3.54. The summed E-state index contributed by atoms with van der Waals surface area (Å²) >= 11 is 5.94. The van der Waals surface area contributed by atoms with Crippen molar-refractivity contribution in [3.63, 3.8) is 0 Å². The van der Waals surface area contributed by atoms with Crippen LogP contribution in [0.5, 0.6) is 0 Å². The van der Waals surface area contributed by atoms with E-state index < -0.39 is 9.84 Å². The highest BCUT2D eigenvalue weighted by Crippen LogP contribution is 2.37. The molecule has 1 aromatic heterocycles. The summed E-state index contributed by atoms with van der Waals surface area (Å²) in [4.78, 5) is 6.63. The molecule has 0 bridgehead atoms. The van der Waals surface area contributed by atoms with Gasteiger partial charge in [0.25, 0.3) is 0 Å². The number of aryl methyl sites for hydroxylation is 1. The molecule has 0 saturated carbocycles. The number of benzene rings is 2. The molecule has 152 valence electrons. The molecule has 1 aliphatic rings. The lowest BCUT2D eigenvalue weighted by molar-refractivity contribution is 0.415. The normalized spacial score (nSPS) is 15.6. The number of hydrogen-bond acceptors (Lipinski definition) is 5. The summed E-state index contributed by atoms with van der Waals surface area (Å²) in [5, 5.41) is 0.447. The maximum absolute atomic E-state index is 13.4. The molecule has 0 unspecified atom stereocenters. The van der Waals surface area contributed by atoms with E-state index in [2.05, 4.69) is 11.9 Å². The molecule has 5 nitrogen and oxygen atoms in total. The van der Waals surface area contributed by atoms with Gasteiger partial charge in [0.05, 0.1) is 4.90 Å². The first-order valence-corrected chi connectivity index (χ1v) is 11.5. The minimum atomic E-state index is -3.85. The Bertz CT molecular complexity index is 1120. The number of nitrogens with zero attached hydrogens (tertiary/aromatic N) is 2. The number of rotatable bonds is 4. The van der Waals surface area contributed by atoms with Gasteiger partial charge in [0.2, 0.25) is 26.6 Å². The van der Waals surface area contributed by atoms with Gasteiger partial charge in [0.15, 0.2) is 0 Å². The number of anilines is 1. The molecule has 0 amide bonds. The lowest BCUT2D eigenvalue weighted by Gasteiger charge is -2.30. The van der Waals surface area contributed by atoms with Gasteiger partial charge < -0.3 is 9.32 Å². The van der Waals surface area contributed by atoms with Crippen LogP contribution < -0.4 is 4.90 Å². The Morgan fingerprint density at radius 2 is 1.72 bits per heavy atom. The van der Waals surface area contributed by atoms with Crippen molar-refractivity contribution in [1.29, 1.82) is 0 Å². The third-order valence-corrected chi connectivity index (χ3v) is 7.32. The van der Waals surface area contributed by atoms with Crippen molar-refractivity contribution in [3.05, 3.63) is 59.1 Å². The van der Waals surface area contributed by atoms with Crippen molar-refractivity contribution in [2.24, 2.45) is 5.92 Å². The van der Waals surface area contributed by atoms with E-state index in [0.717, 1.165) is 37.1 Å². The highest BCUT2D eigenvalue weighted by Gasteiger charge is 2.32. The topological polar surface area (TPSA) is 63.4 Å². The quantitative estimate of drug-likeness (QED) is 0.556. The lowest BCUT2D eigenvalue weighted by atomic mass is 9.99. The first kappa shape index (κ1) is 20.0. The zero-order valence-corrected chi connectivity index (χ0v) is 18.0. The van der Waals surface area contributed by atoms with Crippen LogP contribution in [0.15, 0.2) is 62.9 Å². The first-order valence-electron chi connectivity index (χ1n) is 9.68. The maximum Gasteiger partial charge on any atom is 0.236 e. The molecule has 1 fully saturated rings. The Kier molecular flexibility index (Phi) is 5.40. The standard InChI is InChI=1S/C22H23ClN2O3S/c1-15-11-13-25(14-12-15)22-21(29(26,27)18-9-7-17(23)8-10-18)24-20(28-22)19-6-4-3-5-16(19)2/h3-10,15H,11-14H2,1-2H3. The Morgan fingerprint density at radius 1 is 1.07 bits per heavy atom. The predicted molar refractivity (Wildman–Crippen MR) is 114 cm³/mol. The fourth-order valence-corrected chi connectivity index (χ4v) is 4.99. The summed E-state index contributed by atoms with van der Waals surface area (Å²) in [7, 11) is -3.85. The molecule has 3 aromatic rings. The molecule has 0 radical (unpaired) electrons. The molecule has 2 heterocycles. The molecular formula is C22H23ClN2O3S. The predicted octanol–water partition coefficient (Wildman–Crippen LogP) is 5.37. The Labute approximate surface area is 176 Å². The zero-order chi connectivity index (χ0) is 20.6. The summed E-state index contributed by atoms with van der Waals surface area (Å²) in [5.41, 5.74) is 1.76. The smallest absolute Gasteiger partial charge is 0.236 e. The van der Waals surface area contributed by atoms with E-state index >= 15 is 0 Å². The maximum atomic E-state index is 13.4. The number of sulfone groups is 1. The summed E-state index contributed by atoms with van der Waals surface area (Å²) in [6.07, 6.45) is 1.97. The summed E-state index contributed by atoms with van der Waals surface area (Å²) in [6, 6.07) is 13.8. The van der Waals surface area contributed by atoms with Gasteiger partial charge in [-0.15, -0.1) is 0 Å². The van der Waals surface area contributed by atoms with Gasteiger partial charge in [-0.3, -0.25) is 0 Å². The zero-order valence-electron chi connectivity index (χ0n) is 16.4. The van der Waals surface area contributed by atoms with Crippen molar-refractivity contribution in [2.45, 2.75) is 36.6 Å². The number of hydrogen-bond donors (Lipinski definition) is 0. The van der Waals surface area contributed by atoms with E-state index in [1.165, 1.54) is 12.1 Å². The van der Waals surface area contributed by atoms with Crippen molar-refractivity contribution in [1.82, 2.24) is 4.98 Å². The second kappa shape index (κ2) is 7.84. The molecule has 0 spiro atoms. The summed E-state index contributed by atoms with van der Waals surface area (Å²) < 4.78 is 32.9. The third kappa shape index (κ3) is 3.91. The molecular weight excluding hydrogens is 408 g/mol. The van der Waals surface area contributed by atoms with Gasteiger partial charge in [-0.05, 0) is 61.6 Å². The Hall–Kier alpha value is -2.31. The molecule has 2 aromatic carbocycles. The number of aromatic nitrogens is 1. The molecule has 4 rings (SSSR count). The molecule has 7 heteroatoms. The number of halogens is 1. The summed E-state index contributed by atoms with van der Waals surface area (Å²) in [5.74, 6) is 1.26. The van der Waals surface area contributed by atoms with Crippen molar-refractivity contribution < 1.29 is 12.8 Å². The van der Waals surface area contributed by atoms with Gasteiger partial charge >= 0.3 is 0 Å². The second-order valence-electron chi connectivity index (χ2n) is 7.57. The minimum absolute atomic E-state index is 0.0346. The van der Waals surface area contributed by atoms with E-state index in [-0.39, 0.29) is 9.92 Å².